The molecule has 0 radical (unpaired) electrons. The number of hydrogen-bond acceptors (Lipinski definition) is 4. The monoisotopic (exact) mass is 265 g/mol. The first-order chi connectivity index (χ1) is 9.11. The maximum Gasteiger partial charge on any atom is 0.225 e. The molecule has 100 valence electrons. The van der Waals surface area contributed by atoms with E-state index in [4.69, 9.17) is 5.11 Å². The molecule has 4 nitrogen and oxygen atoms in total. The molecule has 0 fully saturated rings. The van der Waals surface area contributed by atoms with E-state index in [0.717, 1.165) is 12.1 Å². The van der Waals surface area contributed by atoms with E-state index in [1.54, 1.807) is 11.9 Å². The molecule has 19 heavy (non-hydrogen) atoms. The zero-order chi connectivity index (χ0) is 13.8. The molecule has 2 aromatic rings. The lowest BCUT2D eigenvalue weighted by atomic mass is 10.1. The number of halogens is 2. The van der Waals surface area contributed by atoms with E-state index in [9.17, 15) is 8.78 Å². The van der Waals surface area contributed by atoms with Crippen molar-refractivity contribution in [3.05, 3.63) is 42.2 Å². The van der Waals surface area contributed by atoms with Gasteiger partial charge in [-0.3, -0.25) is 0 Å². The van der Waals surface area contributed by atoms with Gasteiger partial charge in [-0.2, -0.15) is 0 Å². The molecular formula is C13H13F2N3O. The minimum absolute atomic E-state index is 0.00475. The lowest BCUT2D eigenvalue weighted by Gasteiger charge is -2.15. The Balaban J connectivity index is 2.24. The number of aliphatic hydroxyl groups excluding tert-OH is 1. The van der Waals surface area contributed by atoms with Gasteiger partial charge in [0.05, 0.1) is 6.61 Å². The molecular weight excluding hydrogens is 252 g/mol. The number of benzene rings is 1. The summed E-state index contributed by atoms with van der Waals surface area (Å²) in [5, 5.41) is 8.81. The van der Waals surface area contributed by atoms with Gasteiger partial charge in [-0.1, -0.05) is 6.07 Å². The molecule has 0 aliphatic heterocycles. The minimum Gasteiger partial charge on any atom is -0.395 e. The fourth-order valence-corrected chi connectivity index (χ4v) is 1.59. The quantitative estimate of drug-likeness (QED) is 0.916. The van der Waals surface area contributed by atoms with Crippen LogP contribution < -0.4 is 4.90 Å². The summed E-state index contributed by atoms with van der Waals surface area (Å²) in [6.07, 6.45) is 3.06. The summed E-state index contributed by atoms with van der Waals surface area (Å²) in [6.45, 7) is 0.426. The van der Waals surface area contributed by atoms with Gasteiger partial charge in [0.2, 0.25) is 5.95 Å². The minimum atomic E-state index is -0.904. The Morgan fingerprint density at radius 3 is 2.37 bits per heavy atom. The standard InChI is InChI=1S/C13H13F2N3O/c1-18(4-5-19)13-16-7-10(8-17-13)9-2-3-11(14)12(15)6-9/h2-3,6-8,19H,4-5H2,1H3. The van der Waals surface area contributed by atoms with E-state index in [0.29, 0.717) is 23.6 Å². The lowest BCUT2D eigenvalue weighted by Crippen LogP contribution is -2.23. The zero-order valence-electron chi connectivity index (χ0n) is 10.3. The summed E-state index contributed by atoms with van der Waals surface area (Å²) in [5.74, 6) is -1.33. The van der Waals surface area contributed by atoms with Crippen LogP contribution in [0.4, 0.5) is 14.7 Å². The number of likely N-dealkylation sites (N-methyl/N-ethyl adjacent to an activating group) is 1. The van der Waals surface area contributed by atoms with Crippen molar-refractivity contribution in [3.8, 4) is 11.1 Å². The molecule has 0 spiro atoms. The number of hydrogen-bond donors (Lipinski definition) is 1. The molecule has 6 heteroatoms. The molecule has 0 atom stereocenters. The highest BCUT2D eigenvalue weighted by Crippen LogP contribution is 2.20. The molecule has 0 amide bonds. The molecule has 0 unspecified atom stereocenters. The van der Waals surface area contributed by atoms with Gasteiger partial charge in [0.25, 0.3) is 0 Å². The van der Waals surface area contributed by atoms with E-state index in [1.165, 1.54) is 18.5 Å². The molecule has 1 aromatic carbocycles. The molecule has 0 bridgehead atoms. The molecule has 0 aliphatic rings. The van der Waals surface area contributed by atoms with Crippen LogP contribution in [0.5, 0.6) is 0 Å². The summed E-state index contributed by atoms with van der Waals surface area (Å²) in [7, 11) is 1.75. The van der Waals surface area contributed by atoms with Crippen LogP contribution in [0, 0.1) is 11.6 Å². The number of aliphatic hydroxyl groups is 1. The van der Waals surface area contributed by atoms with Crippen LogP contribution >= 0.6 is 0 Å². The summed E-state index contributed by atoms with van der Waals surface area (Å²) in [5.41, 5.74) is 1.11. The second-order valence-corrected chi connectivity index (χ2v) is 4.05. The van der Waals surface area contributed by atoms with Gasteiger partial charge < -0.3 is 10.0 Å². The van der Waals surface area contributed by atoms with Crippen molar-refractivity contribution in [3.63, 3.8) is 0 Å². The first kappa shape index (κ1) is 13.4. The van der Waals surface area contributed by atoms with Gasteiger partial charge in [-0.15, -0.1) is 0 Å². The number of nitrogens with zero attached hydrogens (tertiary/aromatic N) is 3. The van der Waals surface area contributed by atoms with E-state index >= 15 is 0 Å². The molecule has 1 N–H and O–H groups in total. The normalized spacial score (nSPS) is 10.5. The Kier molecular flexibility index (Phi) is 4.01. The Hall–Kier alpha value is -2.08. The van der Waals surface area contributed by atoms with Crippen molar-refractivity contribution in [1.29, 1.82) is 0 Å². The lowest BCUT2D eigenvalue weighted by molar-refractivity contribution is 0.303. The zero-order valence-corrected chi connectivity index (χ0v) is 10.3. The molecule has 0 aliphatic carbocycles. The third-order valence-corrected chi connectivity index (χ3v) is 2.67. The summed E-state index contributed by atoms with van der Waals surface area (Å²) >= 11 is 0. The average molecular weight is 265 g/mol. The van der Waals surface area contributed by atoms with Crippen molar-refractivity contribution in [2.75, 3.05) is 25.1 Å². The van der Waals surface area contributed by atoms with Crippen LogP contribution in [-0.2, 0) is 0 Å². The van der Waals surface area contributed by atoms with Gasteiger partial charge in [-0.05, 0) is 17.7 Å². The molecule has 2 rings (SSSR count). The average Bonchev–Trinajstić information content (AvgIpc) is 2.42. The Morgan fingerprint density at radius 1 is 1.11 bits per heavy atom. The third kappa shape index (κ3) is 3.03. The van der Waals surface area contributed by atoms with E-state index in [-0.39, 0.29) is 6.61 Å². The van der Waals surface area contributed by atoms with Crippen molar-refractivity contribution >= 4 is 5.95 Å². The maximum absolute atomic E-state index is 13.1. The van der Waals surface area contributed by atoms with Crippen molar-refractivity contribution in [2.45, 2.75) is 0 Å². The number of aromatic nitrogens is 2. The molecule has 1 aromatic heterocycles. The summed E-state index contributed by atoms with van der Waals surface area (Å²) < 4.78 is 26.0. The molecule has 0 saturated carbocycles. The highest BCUT2D eigenvalue weighted by Gasteiger charge is 2.07. The maximum atomic E-state index is 13.1. The van der Waals surface area contributed by atoms with Gasteiger partial charge in [0, 0.05) is 31.5 Å². The highest BCUT2D eigenvalue weighted by atomic mass is 19.2. The summed E-state index contributed by atoms with van der Waals surface area (Å²) in [4.78, 5) is 9.92. The van der Waals surface area contributed by atoms with Gasteiger partial charge in [0.15, 0.2) is 11.6 Å². The first-order valence-electron chi connectivity index (χ1n) is 5.71. The van der Waals surface area contributed by atoms with Gasteiger partial charge in [0.1, 0.15) is 0 Å². The van der Waals surface area contributed by atoms with Crippen LogP contribution in [0.1, 0.15) is 0 Å². The largest absolute Gasteiger partial charge is 0.395 e. The molecule has 0 saturated heterocycles. The Labute approximate surface area is 109 Å². The van der Waals surface area contributed by atoms with Crippen molar-refractivity contribution in [2.24, 2.45) is 0 Å². The second kappa shape index (κ2) is 5.71. The van der Waals surface area contributed by atoms with Gasteiger partial charge >= 0.3 is 0 Å². The van der Waals surface area contributed by atoms with Gasteiger partial charge in [-0.25, -0.2) is 18.7 Å². The smallest absolute Gasteiger partial charge is 0.225 e. The van der Waals surface area contributed by atoms with Crippen LogP contribution in [0.25, 0.3) is 11.1 Å². The fraction of sp³-hybridized carbons (Fsp3) is 0.231. The topological polar surface area (TPSA) is 49.2 Å². The van der Waals surface area contributed by atoms with Crippen molar-refractivity contribution in [1.82, 2.24) is 9.97 Å². The van der Waals surface area contributed by atoms with Crippen LogP contribution in [0.3, 0.4) is 0 Å². The number of anilines is 1. The SMILES string of the molecule is CN(CCO)c1ncc(-c2ccc(F)c(F)c2)cn1. The van der Waals surface area contributed by atoms with Crippen LogP contribution in [0.2, 0.25) is 0 Å². The molecule has 1 heterocycles. The van der Waals surface area contributed by atoms with Crippen LogP contribution in [-0.4, -0.2) is 35.3 Å². The van der Waals surface area contributed by atoms with E-state index < -0.39 is 11.6 Å². The highest BCUT2D eigenvalue weighted by molar-refractivity contribution is 5.62. The fourth-order valence-electron chi connectivity index (χ4n) is 1.59. The Bertz CT molecular complexity index is 560. The predicted octanol–water partition coefficient (Wildman–Crippen LogP) is 1.85. The third-order valence-electron chi connectivity index (χ3n) is 2.67. The first-order valence-corrected chi connectivity index (χ1v) is 5.71. The van der Waals surface area contributed by atoms with Crippen LogP contribution in [0.15, 0.2) is 30.6 Å². The van der Waals surface area contributed by atoms with Crippen molar-refractivity contribution < 1.29 is 13.9 Å². The summed E-state index contributed by atoms with van der Waals surface area (Å²) in [6, 6.07) is 3.63. The van der Waals surface area contributed by atoms with E-state index in [1.807, 2.05) is 0 Å². The second-order valence-electron chi connectivity index (χ2n) is 4.05. The van der Waals surface area contributed by atoms with E-state index in [2.05, 4.69) is 9.97 Å². The Morgan fingerprint density at radius 2 is 1.79 bits per heavy atom. The number of rotatable bonds is 4. The predicted molar refractivity (Wildman–Crippen MR) is 67.7 cm³/mol.